The molecule has 28 heavy (non-hydrogen) atoms. The summed E-state index contributed by atoms with van der Waals surface area (Å²) in [5, 5.41) is 3.16. The third-order valence-corrected chi connectivity index (χ3v) is 6.04. The molecule has 1 saturated carbocycles. The number of amides is 2. The van der Waals surface area contributed by atoms with Crippen molar-refractivity contribution in [3.05, 3.63) is 35.9 Å². The number of pyridine rings is 1. The number of aromatic nitrogens is 2. The van der Waals surface area contributed by atoms with Gasteiger partial charge in [-0.25, -0.2) is 4.98 Å². The first kappa shape index (κ1) is 19.0. The second-order valence-corrected chi connectivity index (χ2v) is 8.11. The highest BCUT2D eigenvalue weighted by molar-refractivity contribution is 6.02. The van der Waals surface area contributed by atoms with E-state index < -0.39 is 0 Å². The molecule has 0 atom stereocenters. The fraction of sp³-hybridized carbons (Fsp3) is 0.591. The molecule has 2 aromatic rings. The second kappa shape index (κ2) is 8.76. The van der Waals surface area contributed by atoms with Crippen LogP contribution in [0.3, 0.4) is 0 Å². The van der Waals surface area contributed by atoms with Crippen molar-refractivity contribution in [2.75, 3.05) is 13.1 Å². The lowest BCUT2D eigenvalue weighted by Gasteiger charge is -2.19. The molecule has 1 N–H and O–H groups in total. The van der Waals surface area contributed by atoms with E-state index in [9.17, 15) is 9.59 Å². The van der Waals surface area contributed by atoms with E-state index in [1.807, 2.05) is 29.3 Å². The third-order valence-electron chi connectivity index (χ3n) is 6.04. The summed E-state index contributed by atoms with van der Waals surface area (Å²) in [7, 11) is 0. The van der Waals surface area contributed by atoms with Gasteiger partial charge in [0, 0.05) is 25.3 Å². The van der Waals surface area contributed by atoms with E-state index in [2.05, 4.69) is 10.3 Å². The van der Waals surface area contributed by atoms with E-state index in [0.717, 1.165) is 51.6 Å². The molecule has 2 aromatic heterocycles. The average molecular weight is 383 g/mol. The van der Waals surface area contributed by atoms with Crippen LogP contribution in [0.5, 0.6) is 0 Å². The molecule has 0 aromatic carbocycles. The van der Waals surface area contributed by atoms with Crippen molar-refractivity contribution >= 4 is 17.3 Å². The average Bonchev–Trinajstić information content (AvgIpc) is 2.91. The highest BCUT2D eigenvalue weighted by Crippen LogP contribution is 2.20. The second-order valence-electron chi connectivity index (χ2n) is 8.11. The highest BCUT2D eigenvalue weighted by atomic mass is 16.2. The number of rotatable bonds is 3. The minimum atomic E-state index is -0.178. The Morgan fingerprint density at radius 1 is 0.929 bits per heavy atom. The SMILES string of the molecule is O=C(NC1CCCCCC1)c1nc(C(=O)N2CCCCCC2)c2ccccn12. The van der Waals surface area contributed by atoms with Gasteiger partial charge in [-0.1, -0.05) is 44.6 Å². The maximum atomic E-state index is 13.2. The van der Waals surface area contributed by atoms with E-state index in [0.29, 0.717) is 17.0 Å². The minimum absolute atomic E-state index is 0.0564. The van der Waals surface area contributed by atoms with Gasteiger partial charge in [0.2, 0.25) is 5.82 Å². The molecular weight excluding hydrogens is 352 g/mol. The Hall–Kier alpha value is -2.37. The molecule has 1 saturated heterocycles. The molecular formula is C22H30N4O2. The lowest BCUT2D eigenvalue weighted by Crippen LogP contribution is -2.35. The summed E-state index contributed by atoms with van der Waals surface area (Å²) in [5.41, 5.74) is 1.11. The van der Waals surface area contributed by atoms with Crippen LogP contribution in [-0.4, -0.2) is 45.2 Å². The largest absolute Gasteiger partial charge is 0.347 e. The summed E-state index contributed by atoms with van der Waals surface area (Å²) < 4.78 is 1.76. The van der Waals surface area contributed by atoms with Crippen molar-refractivity contribution in [1.29, 1.82) is 0 Å². The first-order valence-corrected chi connectivity index (χ1v) is 10.8. The molecule has 3 heterocycles. The topological polar surface area (TPSA) is 66.7 Å². The van der Waals surface area contributed by atoms with Gasteiger partial charge in [-0.05, 0) is 37.8 Å². The van der Waals surface area contributed by atoms with Crippen molar-refractivity contribution in [3.8, 4) is 0 Å². The van der Waals surface area contributed by atoms with Gasteiger partial charge in [-0.2, -0.15) is 0 Å². The zero-order chi connectivity index (χ0) is 19.3. The predicted molar refractivity (Wildman–Crippen MR) is 109 cm³/mol. The van der Waals surface area contributed by atoms with Gasteiger partial charge in [0.25, 0.3) is 11.8 Å². The summed E-state index contributed by atoms with van der Waals surface area (Å²) in [4.78, 5) is 32.6. The summed E-state index contributed by atoms with van der Waals surface area (Å²) in [6.45, 7) is 1.54. The Balaban J connectivity index is 1.60. The normalized spacial score (nSPS) is 19.2. The zero-order valence-corrected chi connectivity index (χ0v) is 16.5. The molecule has 0 spiro atoms. The molecule has 2 aliphatic rings. The molecule has 0 radical (unpaired) electrons. The highest BCUT2D eigenvalue weighted by Gasteiger charge is 2.26. The number of carbonyl (C=O) groups excluding carboxylic acids is 2. The molecule has 1 aliphatic heterocycles. The number of likely N-dealkylation sites (tertiary alicyclic amines) is 1. The Labute approximate surface area is 166 Å². The lowest BCUT2D eigenvalue weighted by atomic mass is 10.1. The molecule has 4 rings (SSSR count). The van der Waals surface area contributed by atoms with Crippen LogP contribution in [-0.2, 0) is 0 Å². The quantitative estimate of drug-likeness (QED) is 0.821. The summed E-state index contributed by atoms with van der Waals surface area (Å²) in [6.07, 6.45) is 13.1. The predicted octanol–water partition coefficient (Wildman–Crippen LogP) is 3.80. The first-order valence-electron chi connectivity index (χ1n) is 10.8. The fourth-order valence-corrected chi connectivity index (χ4v) is 4.45. The number of carbonyl (C=O) groups is 2. The number of nitrogens with one attached hydrogen (secondary N) is 1. The van der Waals surface area contributed by atoms with Crippen molar-refractivity contribution in [3.63, 3.8) is 0 Å². The van der Waals surface area contributed by atoms with Crippen LogP contribution in [0.15, 0.2) is 24.4 Å². The molecule has 0 bridgehead atoms. The summed E-state index contributed by atoms with van der Waals surface area (Å²) >= 11 is 0. The van der Waals surface area contributed by atoms with Gasteiger partial charge in [0.1, 0.15) is 0 Å². The molecule has 150 valence electrons. The van der Waals surface area contributed by atoms with E-state index in [1.165, 1.54) is 25.7 Å². The Bertz CT molecular complexity index is 828. The minimum Gasteiger partial charge on any atom is -0.347 e. The van der Waals surface area contributed by atoms with Crippen molar-refractivity contribution in [1.82, 2.24) is 19.6 Å². The third kappa shape index (κ3) is 4.05. The molecule has 2 fully saturated rings. The van der Waals surface area contributed by atoms with Crippen molar-refractivity contribution in [2.24, 2.45) is 0 Å². The van der Waals surface area contributed by atoms with Gasteiger partial charge in [-0.3, -0.25) is 14.0 Å². The summed E-state index contributed by atoms with van der Waals surface area (Å²) in [5.74, 6) is 0.0835. The monoisotopic (exact) mass is 382 g/mol. The smallest absolute Gasteiger partial charge is 0.287 e. The molecule has 2 amide bonds. The molecule has 0 unspecified atom stereocenters. The lowest BCUT2D eigenvalue weighted by molar-refractivity contribution is 0.0758. The fourth-order valence-electron chi connectivity index (χ4n) is 4.45. The van der Waals surface area contributed by atoms with Gasteiger partial charge in [0.05, 0.1) is 5.52 Å². The van der Waals surface area contributed by atoms with Crippen LogP contribution >= 0.6 is 0 Å². The Morgan fingerprint density at radius 3 is 2.32 bits per heavy atom. The van der Waals surface area contributed by atoms with E-state index in [1.54, 1.807) is 4.40 Å². The Kier molecular flexibility index (Phi) is 5.93. The van der Waals surface area contributed by atoms with Crippen LogP contribution in [0.1, 0.15) is 85.3 Å². The first-order chi connectivity index (χ1) is 13.7. The van der Waals surface area contributed by atoms with Crippen LogP contribution in [0.2, 0.25) is 0 Å². The standard InChI is InChI=1S/C22H30N4O2/c27-21(23-17-11-5-1-2-6-12-17)20-24-19(18-13-7-10-16-26(18)20)22(28)25-14-8-3-4-9-15-25/h7,10,13,16-17H,1-6,8-9,11-12,14-15H2,(H,23,27). The zero-order valence-electron chi connectivity index (χ0n) is 16.5. The maximum Gasteiger partial charge on any atom is 0.287 e. The molecule has 6 heteroatoms. The van der Waals surface area contributed by atoms with Gasteiger partial charge in [-0.15, -0.1) is 0 Å². The van der Waals surface area contributed by atoms with Gasteiger partial charge < -0.3 is 10.2 Å². The Morgan fingerprint density at radius 2 is 1.61 bits per heavy atom. The number of hydrogen-bond acceptors (Lipinski definition) is 3. The van der Waals surface area contributed by atoms with E-state index in [-0.39, 0.29) is 17.9 Å². The van der Waals surface area contributed by atoms with Crippen LogP contribution in [0.25, 0.3) is 5.52 Å². The van der Waals surface area contributed by atoms with Crippen molar-refractivity contribution < 1.29 is 9.59 Å². The van der Waals surface area contributed by atoms with E-state index >= 15 is 0 Å². The number of fused-ring (bicyclic) bond motifs is 1. The van der Waals surface area contributed by atoms with Crippen molar-refractivity contribution in [2.45, 2.75) is 70.3 Å². The van der Waals surface area contributed by atoms with Gasteiger partial charge in [0.15, 0.2) is 5.69 Å². The van der Waals surface area contributed by atoms with Crippen LogP contribution < -0.4 is 5.32 Å². The van der Waals surface area contributed by atoms with E-state index in [4.69, 9.17) is 0 Å². The molecule has 1 aliphatic carbocycles. The molecule has 6 nitrogen and oxygen atoms in total. The van der Waals surface area contributed by atoms with Crippen LogP contribution in [0, 0.1) is 0 Å². The number of nitrogens with zero attached hydrogens (tertiary/aromatic N) is 3. The van der Waals surface area contributed by atoms with Gasteiger partial charge >= 0.3 is 0 Å². The number of hydrogen-bond donors (Lipinski definition) is 1. The maximum absolute atomic E-state index is 13.2. The summed E-state index contributed by atoms with van der Waals surface area (Å²) in [6, 6.07) is 5.84. The number of imidazole rings is 1. The van der Waals surface area contributed by atoms with Crippen LogP contribution in [0.4, 0.5) is 0 Å².